The van der Waals surface area contributed by atoms with Gasteiger partial charge in [0, 0.05) is 0 Å². The lowest BCUT2D eigenvalue weighted by molar-refractivity contribution is 0.205. The molecule has 0 amide bonds. The Bertz CT molecular complexity index is 398. The molecule has 0 heterocycles. The lowest BCUT2D eigenvalue weighted by Gasteiger charge is -2.13. The minimum Gasteiger partial charge on any atom is -0.504 e. The topological polar surface area (TPSA) is 107 Å². The monoisotopic (exact) mass is 234 g/mol. The van der Waals surface area contributed by atoms with Gasteiger partial charge in [-0.15, -0.1) is 0 Å². The maximum Gasteiger partial charge on any atom is 0.358 e. The molecule has 0 aliphatic rings. The second-order valence-corrected chi connectivity index (χ2v) is 4.56. The molecule has 0 aliphatic heterocycles. The van der Waals surface area contributed by atoms with Crippen LogP contribution in [0.2, 0.25) is 0 Å². The lowest BCUT2D eigenvalue weighted by Crippen LogP contribution is -1.98. The van der Waals surface area contributed by atoms with Gasteiger partial charge in [-0.3, -0.25) is 4.57 Å². The highest BCUT2D eigenvalue weighted by molar-refractivity contribution is 7.51. The van der Waals surface area contributed by atoms with Gasteiger partial charge >= 0.3 is 7.60 Å². The van der Waals surface area contributed by atoms with Crippen molar-refractivity contribution in [2.24, 2.45) is 0 Å². The molecule has 1 unspecified atom stereocenters. The van der Waals surface area contributed by atoms with Crippen molar-refractivity contribution in [1.29, 1.82) is 0 Å². The van der Waals surface area contributed by atoms with Gasteiger partial charge in [-0.25, -0.2) is 0 Å². The number of aromatic hydroxyl groups is 1. The smallest absolute Gasteiger partial charge is 0.358 e. The Kier molecular flexibility index (Phi) is 3.36. The largest absolute Gasteiger partial charge is 0.504 e. The zero-order valence-corrected chi connectivity index (χ0v) is 8.76. The van der Waals surface area contributed by atoms with Crippen LogP contribution in [-0.4, -0.2) is 27.1 Å². The van der Waals surface area contributed by atoms with Crippen LogP contribution < -0.4 is 4.74 Å². The SMILES string of the molecule is COc1cc(C(O)P(=O)(O)O)ccc1O. The molecular weight excluding hydrogens is 223 g/mol. The number of aliphatic hydroxyl groups excluding tert-OH is 1. The molecule has 4 N–H and O–H groups in total. The van der Waals surface area contributed by atoms with Crippen LogP contribution in [0.5, 0.6) is 11.5 Å². The predicted molar refractivity (Wildman–Crippen MR) is 51.7 cm³/mol. The van der Waals surface area contributed by atoms with Crippen LogP contribution in [0, 0.1) is 0 Å². The molecule has 1 aromatic carbocycles. The number of rotatable bonds is 3. The highest BCUT2D eigenvalue weighted by Crippen LogP contribution is 2.50. The first-order chi connectivity index (χ1) is 6.86. The van der Waals surface area contributed by atoms with E-state index in [4.69, 9.17) is 14.5 Å². The minimum absolute atomic E-state index is 0.0158. The van der Waals surface area contributed by atoms with Gasteiger partial charge in [-0.05, 0) is 17.7 Å². The maximum absolute atomic E-state index is 10.8. The fourth-order valence-corrected chi connectivity index (χ4v) is 1.60. The van der Waals surface area contributed by atoms with Crippen molar-refractivity contribution >= 4 is 7.60 Å². The molecule has 0 aromatic heterocycles. The molecule has 1 rings (SSSR count). The van der Waals surface area contributed by atoms with E-state index in [1.54, 1.807) is 0 Å². The van der Waals surface area contributed by atoms with E-state index < -0.39 is 13.4 Å². The zero-order valence-electron chi connectivity index (χ0n) is 7.86. The second kappa shape index (κ2) is 4.20. The van der Waals surface area contributed by atoms with Crippen LogP contribution in [-0.2, 0) is 4.57 Å². The van der Waals surface area contributed by atoms with Crippen molar-refractivity contribution in [2.45, 2.75) is 5.85 Å². The van der Waals surface area contributed by atoms with Crippen LogP contribution in [0.25, 0.3) is 0 Å². The Morgan fingerprint density at radius 3 is 2.47 bits per heavy atom. The number of phenolic OH excluding ortho intramolecular Hbond substituents is 1. The number of hydrogen-bond donors (Lipinski definition) is 4. The van der Waals surface area contributed by atoms with Crippen molar-refractivity contribution < 1.29 is 29.3 Å². The third-order valence-corrected chi connectivity index (χ3v) is 2.76. The molecule has 0 saturated heterocycles. The number of aliphatic hydroxyl groups is 1. The van der Waals surface area contributed by atoms with Crippen molar-refractivity contribution in [2.75, 3.05) is 7.11 Å². The predicted octanol–water partition coefficient (Wildman–Crippen LogP) is 0.569. The first-order valence-electron chi connectivity index (χ1n) is 3.96. The fourth-order valence-electron chi connectivity index (χ4n) is 1.05. The Morgan fingerprint density at radius 1 is 1.40 bits per heavy atom. The number of benzene rings is 1. The van der Waals surface area contributed by atoms with Crippen molar-refractivity contribution in [1.82, 2.24) is 0 Å². The summed E-state index contributed by atoms with van der Waals surface area (Å²) >= 11 is 0. The quantitative estimate of drug-likeness (QED) is 0.569. The summed E-state index contributed by atoms with van der Waals surface area (Å²) in [6.45, 7) is 0. The third kappa shape index (κ3) is 2.70. The molecule has 6 nitrogen and oxygen atoms in total. The van der Waals surface area contributed by atoms with Crippen LogP contribution in [0.15, 0.2) is 18.2 Å². The van der Waals surface area contributed by atoms with Crippen LogP contribution in [0.3, 0.4) is 0 Å². The van der Waals surface area contributed by atoms with Crippen molar-refractivity contribution in [3.8, 4) is 11.5 Å². The maximum atomic E-state index is 10.8. The molecule has 1 aromatic rings. The second-order valence-electron chi connectivity index (χ2n) is 2.89. The molecule has 0 radical (unpaired) electrons. The molecule has 15 heavy (non-hydrogen) atoms. The average Bonchev–Trinajstić information content (AvgIpc) is 2.16. The number of ether oxygens (including phenoxy) is 1. The van der Waals surface area contributed by atoms with E-state index in [-0.39, 0.29) is 17.1 Å². The summed E-state index contributed by atoms with van der Waals surface area (Å²) in [5, 5.41) is 18.5. The van der Waals surface area contributed by atoms with Gasteiger partial charge in [-0.1, -0.05) is 6.07 Å². The van der Waals surface area contributed by atoms with Crippen LogP contribution in [0.4, 0.5) is 0 Å². The number of methoxy groups -OCH3 is 1. The van der Waals surface area contributed by atoms with Gasteiger partial charge in [0.1, 0.15) is 0 Å². The number of hydrogen-bond acceptors (Lipinski definition) is 4. The van der Waals surface area contributed by atoms with Crippen molar-refractivity contribution in [3.63, 3.8) is 0 Å². The van der Waals surface area contributed by atoms with E-state index in [1.165, 1.54) is 25.3 Å². The normalized spacial score (nSPS) is 13.6. The fraction of sp³-hybridized carbons (Fsp3) is 0.250. The van der Waals surface area contributed by atoms with Gasteiger partial charge in [0.2, 0.25) is 0 Å². The van der Waals surface area contributed by atoms with E-state index in [1.807, 2.05) is 0 Å². The Balaban J connectivity index is 3.12. The molecule has 0 spiro atoms. The Morgan fingerprint density at radius 2 is 2.00 bits per heavy atom. The van der Waals surface area contributed by atoms with E-state index in [0.717, 1.165) is 0 Å². The summed E-state index contributed by atoms with van der Waals surface area (Å²) in [5.41, 5.74) is -0.0158. The van der Waals surface area contributed by atoms with Gasteiger partial charge in [0.25, 0.3) is 0 Å². The molecule has 1 atom stereocenters. The first kappa shape index (κ1) is 12.0. The molecule has 84 valence electrons. The summed E-state index contributed by atoms with van der Waals surface area (Å²) < 4.78 is 15.5. The zero-order chi connectivity index (χ0) is 11.6. The van der Waals surface area contributed by atoms with Gasteiger partial charge in [0.05, 0.1) is 7.11 Å². The van der Waals surface area contributed by atoms with Crippen LogP contribution in [0.1, 0.15) is 11.4 Å². The highest BCUT2D eigenvalue weighted by atomic mass is 31.2. The summed E-state index contributed by atoms with van der Waals surface area (Å²) in [6, 6.07) is 3.56. The number of phenols is 1. The molecule has 0 fully saturated rings. The molecule has 7 heteroatoms. The molecule has 0 aliphatic carbocycles. The summed E-state index contributed by atoms with van der Waals surface area (Å²) in [6.07, 6.45) is 0. The molecular formula is C8H11O6P. The Hall–Kier alpha value is -1.07. The van der Waals surface area contributed by atoms with E-state index in [2.05, 4.69) is 0 Å². The molecule has 0 saturated carbocycles. The average molecular weight is 234 g/mol. The summed E-state index contributed by atoms with van der Waals surface area (Å²) in [4.78, 5) is 17.5. The Labute approximate surface area is 85.9 Å². The third-order valence-electron chi connectivity index (χ3n) is 1.82. The van der Waals surface area contributed by atoms with Gasteiger partial charge < -0.3 is 24.7 Å². The van der Waals surface area contributed by atoms with E-state index >= 15 is 0 Å². The first-order valence-corrected chi connectivity index (χ1v) is 5.64. The van der Waals surface area contributed by atoms with Crippen molar-refractivity contribution in [3.05, 3.63) is 23.8 Å². The van der Waals surface area contributed by atoms with Gasteiger partial charge in [0.15, 0.2) is 17.3 Å². The van der Waals surface area contributed by atoms with Gasteiger partial charge in [-0.2, -0.15) is 0 Å². The lowest BCUT2D eigenvalue weighted by atomic mass is 10.2. The van der Waals surface area contributed by atoms with E-state index in [0.29, 0.717) is 0 Å². The highest BCUT2D eigenvalue weighted by Gasteiger charge is 2.28. The molecule has 0 bridgehead atoms. The van der Waals surface area contributed by atoms with Crippen LogP contribution >= 0.6 is 7.60 Å². The van der Waals surface area contributed by atoms with E-state index in [9.17, 15) is 14.8 Å². The standard InChI is InChI=1S/C8H11O6P/c1-14-7-4-5(2-3-6(7)9)8(10)15(11,12)13/h2-4,8-10H,1H3,(H2,11,12,13). The summed E-state index contributed by atoms with van der Waals surface area (Å²) in [5.74, 6) is -2.04. The minimum atomic E-state index is -4.61. The summed E-state index contributed by atoms with van der Waals surface area (Å²) in [7, 11) is -3.31.